The van der Waals surface area contributed by atoms with Crippen molar-refractivity contribution in [1.29, 1.82) is 0 Å². The van der Waals surface area contributed by atoms with Gasteiger partial charge < -0.3 is 10.4 Å². The highest BCUT2D eigenvalue weighted by molar-refractivity contribution is 9.10. The van der Waals surface area contributed by atoms with Crippen molar-refractivity contribution in [3.8, 4) is 0 Å². The second-order valence-corrected chi connectivity index (χ2v) is 8.10. The molecule has 1 heterocycles. The first kappa shape index (κ1) is 16.0. The molecule has 114 valence electrons. The summed E-state index contributed by atoms with van der Waals surface area (Å²) < 4.78 is 23.3. The normalized spacial score (nSPS) is 20.1. The van der Waals surface area contributed by atoms with E-state index in [0.29, 0.717) is 16.6 Å². The molecule has 1 atom stereocenters. The molecule has 1 fully saturated rings. The zero-order chi connectivity index (χ0) is 15.6. The quantitative estimate of drug-likeness (QED) is 0.836. The molecule has 0 aromatic heterocycles. The van der Waals surface area contributed by atoms with Gasteiger partial charge in [-0.2, -0.15) is 0 Å². The van der Waals surface area contributed by atoms with E-state index in [9.17, 15) is 18.0 Å². The van der Waals surface area contributed by atoms with E-state index in [1.54, 1.807) is 6.07 Å². The number of carboxylic acids is 1. The molecule has 1 aromatic rings. The maximum absolute atomic E-state index is 11.9. The first-order valence-electron chi connectivity index (χ1n) is 6.30. The number of sulfone groups is 1. The molecule has 8 heteroatoms. The molecule has 1 aliphatic rings. The molecular formula is C13H14BrNO5S. The molecule has 0 spiro atoms. The predicted octanol–water partition coefficient (Wildman–Crippen LogP) is 1.91. The SMILES string of the molecule is O=C(CC1CCS(=O)(=O)C1)Nc1cc(C(=O)O)ccc1Br. The summed E-state index contributed by atoms with van der Waals surface area (Å²) in [6, 6.07) is 4.32. The van der Waals surface area contributed by atoms with Gasteiger partial charge in [0, 0.05) is 10.9 Å². The first-order valence-corrected chi connectivity index (χ1v) is 8.91. The number of benzene rings is 1. The number of nitrogens with one attached hydrogen (secondary N) is 1. The van der Waals surface area contributed by atoms with E-state index in [1.807, 2.05) is 0 Å². The molecular weight excluding hydrogens is 362 g/mol. The Labute approximate surface area is 130 Å². The summed E-state index contributed by atoms with van der Waals surface area (Å²) in [4.78, 5) is 22.8. The van der Waals surface area contributed by atoms with Crippen LogP contribution in [0, 0.1) is 5.92 Å². The third-order valence-electron chi connectivity index (χ3n) is 3.29. The minimum absolute atomic E-state index is 0.0384. The van der Waals surface area contributed by atoms with Crippen LogP contribution in [0.4, 0.5) is 5.69 Å². The molecule has 1 aliphatic heterocycles. The van der Waals surface area contributed by atoms with Gasteiger partial charge in [-0.25, -0.2) is 13.2 Å². The van der Waals surface area contributed by atoms with E-state index in [1.165, 1.54) is 12.1 Å². The molecule has 0 aliphatic carbocycles. The van der Waals surface area contributed by atoms with Crippen LogP contribution in [-0.4, -0.2) is 36.9 Å². The Kier molecular flexibility index (Phi) is 4.67. The van der Waals surface area contributed by atoms with Gasteiger partial charge in [-0.05, 0) is 46.5 Å². The zero-order valence-corrected chi connectivity index (χ0v) is 13.4. The van der Waals surface area contributed by atoms with Gasteiger partial charge in [-0.3, -0.25) is 4.79 Å². The van der Waals surface area contributed by atoms with Gasteiger partial charge in [0.15, 0.2) is 9.84 Å². The molecule has 21 heavy (non-hydrogen) atoms. The van der Waals surface area contributed by atoms with Crippen molar-refractivity contribution in [2.45, 2.75) is 12.8 Å². The fourth-order valence-electron chi connectivity index (χ4n) is 2.25. The van der Waals surface area contributed by atoms with Crippen LogP contribution in [0.25, 0.3) is 0 Å². The average Bonchev–Trinajstić information content (AvgIpc) is 2.71. The van der Waals surface area contributed by atoms with Crippen LogP contribution in [0.3, 0.4) is 0 Å². The highest BCUT2D eigenvalue weighted by Gasteiger charge is 2.29. The van der Waals surface area contributed by atoms with Gasteiger partial charge >= 0.3 is 5.97 Å². The third kappa shape index (κ3) is 4.28. The number of carboxylic acid groups (broad SMARTS) is 1. The number of aromatic carboxylic acids is 1. The summed E-state index contributed by atoms with van der Waals surface area (Å²) in [7, 11) is -3.01. The van der Waals surface area contributed by atoms with E-state index >= 15 is 0 Å². The number of halogens is 1. The third-order valence-corrected chi connectivity index (χ3v) is 5.82. The standard InChI is InChI=1S/C13H14BrNO5S/c14-10-2-1-9(13(17)18)6-11(10)15-12(16)5-8-3-4-21(19,20)7-8/h1-2,6,8H,3-5,7H2,(H,15,16)(H,17,18). The zero-order valence-electron chi connectivity index (χ0n) is 11.0. The molecule has 6 nitrogen and oxygen atoms in total. The van der Waals surface area contributed by atoms with Crippen LogP contribution >= 0.6 is 15.9 Å². The maximum Gasteiger partial charge on any atom is 0.335 e. The summed E-state index contributed by atoms with van der Waals surface area (Å²) in [6.45, 7) is 0. The number of hydrogen-bond donors (Lipinski definition) is 2. The summed E-state index contributed by atoms with van der Waals surface area (Å²) in [6.07, 6.45) is 0.606. The number of carbonyl (C=O) groups excluding carboxylic acids is 1. The Hall–Kier alpha value is -1.41. The number of amides is 1. The minimum atomic E-state index is -3.01. The van der Waals surface area contributed by atoms with Crippen LogP contribution in [0.15, 0.2) is 22.7 Å². The van der Waals surface area contributed by atoms with Gasteiger partial charge in [-0.1, -0.05) is 0 Å². The smallest absolute Gasteiger partial charge is 0.335 e. The van der Waals surface area contributed by atoms with E-state index in [-0.39, 0.29) is 35.3 Å². The molecule has 1 amide bonds. The average molecular weight is 376 g/mol. The number of hydrogen-bond acceptors (Lipinski definition) is 4. The Morgan fingerprint density at radius 2 is 2.10 bits per heavy atom. The van der Waals surface area contributed by atoms with Gasteiger partial charge in [-0.15, -0.1) is 0 Å². The highest BCUT2D eigenvalue weighted by Crippen LogP contribution is 2.26. The van der Waals surface area contributed by atoms with E-state index < -0.39 is 15.8 Å². The lowest BCUT2D eigenvalue weighted by Crippen LogP contribution is -2.18. The van der Waals surface area contributed by atoms with Crippen LogP contribution in [0.2, 0.25) is 0 Å². The van der Waals surface area contributed by atoms with Crippen LogP contribution < -0.4 is 5.32 Å². The Balaban J connectivity index is 2.03. The minimum Gasteiger partial charge on any atom is -0.478 e. The number of rotatable bonds is 4. The van der Waals surface area contributed by atoms with Crippen molar-refractivity contribution in [3.05, 3.63) is 28.2 Å². The first-order chi connectivity index (χ1) is 9.77. The second kappa shape index (κ2) is 6.15. The second-order valence-electron chi connectivity index (χ2n) is 5.02. The molecule has 2 rings (SSSR count). The molecule has 2 N–H and O–H groups in total. The fraction of sp³-hybridized carbons (Fsp3) is 0.385. The van der Waals surface area contributed by atoms with Crippen molar-refractivity contribution in [3.63, 3.8) is 0 Å². The summed E-state index contributed by atoms with van der Waals surface area (Å²) in [5.74, 6) is -1.41. The van der Waals surface area contributed by atoms with Crippen LogP contribution in [-0.2, 0) is 14.6 Å². The summed E-state index contributed by atoms with van der Waals surface area (Å²) >= 11 is 3.24. The lowest BCUT2D eigenvalue weighted by molar-refractivity contribution is -0.116. The van der Waals surface area contributed by atoms with Crippen LogP contribution in [0.1, 0.15) is 23.2 Å². The largest absolute Gasteiger partial charge is 0.478 e. The van der Waals surface area contributed by atoms with E-state index in [0.717, 1.165) is 0 Å². The Morgan fingerprint density at radius 3 is 2.67 bits per heavy atom. The van der Waals surface area contributed by atoms with Crippen molar-refractivity contribution >= 4 is 43.3 Å². The summed E-state index contributed by atoms with van der Waals surface area (Å²) in [5.41, 5.74) is 0.428. The predicted molar refractivity (Wildman–Crippen MR) is 81.1 cm³/mol. The van der Waals surface area contributed by atoms with Gasteiger partial charge in [0.2, 0.25) is 5.91 Å². The monoisotopic (exact) mass is 375 g/mol. The number of anilines is 1. The molecule has 1 aromatic carbocycles. The van der Waals surface area contributed by atoms with Gasteiger partial charge in [0.05, 0.1) is 22.8 Å². The van der Waals surface area contributed by atoms with Crippen molar-refractivity contribution in [2.24, 2.45) is 5.92 Å². The highest BCUT2D eigenvalue weighted by atomic mass is 79.9. The Morgan fingerprint density at radius 1 is 1.38 bits per heavy atom. The lowest BCUT2D eigenvalue weighted by atomic mass is 10.0. The maximum atomic E-state index is 11.9. The topological polar surface area (TPSA) is 101 Å². The fourth-order valence-corrected chi connectivity index (χ4v) is 4.46. The van der Waals surface area contributed by atoms with Gasteiger partial charge in [0.1, 0.15) is 0 Å². The number of carbonyl (C=O) groups is 2. The van der Waals surface area contributed by atoms with Crippen molar-refractivity contribution in [1.82, 2.24) is 0 Å². The van der Waals surface area contributed by atoms with Crippen molar-refractivity contribution in [2.75, 3.05) is 16.8 Å². The van der Waals surface area contributed by atoms with Crippen LogP contribution in [0.5, 0.6) is 0 Å². The molecule has 0 saturated carbocycles. The molecule has 1 saturated heterocycles. The Bertz CT molecular complexity index is 686. The molecule has 0 bridgehead atoms. The summed E-state index contributed by atoms with van der Waals surface area (Å²) in [5, 5.41) is 11.5. The molecule has 0 radical (unpaired) electrons. The molecule has 1 unspecified atom stereocenters. The van der Waals surface area contributed by atoms with E-state index in [4.69, 9.17) is 5.11 Å². The van der Waals surface area contributed by atoms with Gasteiger partial charge in [0.25, 0.3) is 0 Å². The lowest BCUT2D eigenvalue weighted by Gasteiger charge is -2.10. The van der Waals surface area contributed by atoms with E-state index in [2.05, 4.69) is 21.2 Å². The van der Waals surface area contributed by atoms with Crippen molar-refractivity contribution < 1.29 is 23.1 Å².